The number of nitrogens with two attached hydrogens (primary N) is 1. The molecule has 2 aromatic rings. The zero-order chi connectivity index (χ0) is 18.4. The maximum Gasteiger partial charge on any atom is 0.337 e. The largest absolute Gasteiger partial charge is 0.468 e. The third-order valence-electron chi connectivity index (χ3n) is 3.93. The molecular weight excluding hydrogens is 433 g/mol. The number of halogens is 1. The average Bonchev–Trinajstić information content (AvgIpc) is 2.62. The summed E-state index contributed by atoms with van der Waals surface area (Å²) in [5.41, 5.74) is 7.53. The van der Waals surface area contributed by atoms with Crippen molar-refractivity contribution in [3.63, 3.8) is 0 Å². The van der Waals surface area contributed by atoms with Gasteiger partial charge in [0.1, 0.15) is 5.54 Å². The molecule has 0 saturated heterocycles. The molecule has 5 nitrogen and oxygen atoms in total. The number of carbonyl (C=O) groups excluding carboxylic acids is 2. The van der Waals surface area contributed by atoms with Crippen LogP contribution in [0.5, 0.6) is 0 Å². The molecule has 0 amide bonds. The van der Waals surface area contributed by atoms with Crippen molar-refractivity contribution in [3.8, 4) is 0 Å². The molecule has 1 atom stereocenters. The van der Waals surface area contributed by atoms with Crippen molar-refractivity contribution < 1.29 is 19.1 Å². The third kappa shape index (κ3) is 4.79. The molecule has 2 rings (SSSR count). The number of hydrogen-bond donors (Lipinski definition) is 1. The van der Waals surface area contributed by atoms with Gasteiger partial charge in [-0.15, -0.1) is 0 Å². The summed E-state index contributed by atoms with van der Waals surface area (Å²) < 4.78 is 10.5. The van der Waals surface area contributed by atoms with E-state index in [0.29, 0.717) is 18.4 Å². The molecule has 0 aliphatic carbocycles. The van der Waals surface area contributed by atoms with Gasteiger partial charge in [0, 0.05) is 16.4 Å². The molecule has 6 heteroatoms. The van der Waals surface area contributed by atoms with Crippen molar-refractivity contribution in [3.05, 3.63) is 68.8 Å². The fourth-order valence-corrected chi connectivity index (χ4v) is 3.35. The molecule has 2 N–H and O–H groups in total. The van der Waals surface area contributed by atoms with Crippen LogP contribution in [0.25, 0.3) is 0 Å². The van der Waals surface area contributed by atoms with E-state index in [1.807, 2.05) is 30.3 Å². The van der Waals surface area contributed by atoms with Gasteiger partial charge in [0.05, 0.1) is 19.8 Å². The third-order valence-corrected chi connectivity index (χ3v) is 4.94. The first-order valence-corrected chi connectivity index (χ1v) is 8.75. The predicted molar refractivity (Wildman–Crippen MR) is 103 cm³/mol. The Balaban J connectivity index is 2.31. The van der Waals surface area contributed by atoms with Crippen molar-refractivity contribution in [2.45, 2.75) is 18.4 Å². The summed E-state index contributed by atoms with van der Waals surface area (Å²) >= 11 is 2.13. The lowest BCUT2D eigenvalue weighted by molar-refractivity contribution is -0.147. The Labute approximate surface area is 160 Å². The van der Waals surface area contributed by atoms with Crippen molar-refractivity contribution in [1.82, 2.24) is 0 Å². The van der Waals surface area contributed by atoms with Crippen LogP contribution in [0.4, 0.5) is 0 Å². The van der Waals surface area contributed by atoms with Crippen LogP contribution in [-0.2, 0) is 27.1 Å². The van der Waals surface area contributed by atoms with Crippen molar-refractivity contribution >= 4 is 34.5 Å². The second-order valence-corrected chi connectivity index (χ2v) is 6.95. The number of rotatable bonds is 6. The van der Waals surface area contributed by atoms with Gasteiger partial charge in [0.15, 0.2) is 0 Å². The van der Waals surface area contributed by atoms with Gasteiger partial charge in [-0.3, -0.25) is 4.79 Å². The van der Waals surface area contributed by atoms with E-state index in [2.05, 4.69) is 22.6 Å². The first-order chi connectivity index (χ1) is 11.9. The Morgan fingerprint density at radius 2 is 1.72 bits per heavy atom. The van der Waals surface area contributed by atoms with Crippen LogP contribution in [0.1, 0.15) is 21.5 Å². The van der Waals surface area contributed by atoms with Crippen LogP contribution < -0.4 is 5.73 Å². The molecular formula is C19H20INO4. The normalized spacial score (nSPS) is 13.0. The highest BCUT2D eigenvalue weighted by Crippen LogP contribution is 2.23. The van der Waals surface area contributed by atoms with Gasteiger partial charge in [-0.05, 0) is 45.9 Å². The number of methoxy groups -OCH3 is 2. The highest BCUT2D eigenvalue weighted by Gasteiger charge is 2.36. The molecule has 132 valence electrons. The first kappa shape index (κ1) is 19.4. The van der Waals surface area contributed by atoms with Gasteiger partial charge < -0.3 is 15.2 Å². The lowest BCUT2D eigenvalue weighted by Gasteiger charge is -2.27. The quantitative estimate of drug-likeness (QED) is 0.538. The van der Waals surface area contributed by atoms with Gasteiger partial charge in [-0.25, -0.2) is 4.79 Å². The maximum absolute atomic E-state index is 12.4. The van der Waals surface area contributed by atoms with Crippen LogP contribution >= 0.6 is 22.6 Å². The van der Waals surface area contributed by atoms with E-state index in [9.17, 15) is 9.59 Å². The number of esters is 2. The zero-order valence-corrected chi connectivity index (χ0v) is 16.3. The van der Waals surface area contributed by atoms with Crippen molar-refractivity contribution in [1.29, 1.82) is 0 Å². The standard InChI is InChI=1S/C19H20INO4/c1-24-17(22)14-8-9-15(16(20)10-14)12-19(21,18(23)25-2)11-13-6-4-3-5-7-13/h3-10H,11-12,21H2,1-2H3/t19-/m0/s1. The lowest BCUT2D eigenvalue weighted by Crippen LogP contribution is -2.52. The van der Waals surface area contributed by atoms with E-state index in [1.54, 1.807) is 18.2 Å². The molecule has 0 saturated carbocycles. The second-order valence-electron chi connectivity index (χ2n) is 5.78. The summed E-state index contributed by atoms with van der Waals surface area (Å²) in [6, 6.07) is 14.8. The van der Waals surface area contributed by atoms with Crippen LogP contribution in [0.15, 0.2) is 48.5 Å². The van der Waals surface area contributed by atoms with Crippen molar-refractivity contribution in [2.75, 3.05) is 14.2 Å². The topological polar surface area (TPSA) is 78.6 Å². The van der Waals surface area contributed by atoms with Gasteiger partial charge in [-0.2, -0.15) is 0 Å². The number of hydrogen-bond acceptors (Lipinski definition) is 5. The fourth-order valence-electron chi connectivity index (χ4n) is 2.65. The Kier molecular flexibility index (Phi) is 6.55. The number of carbonyl (C=O) groups is 2. The van der Waals surface area contributed by atoms with E-state index in [4.69, 9.17) is 15.2 Å². The number of benzene rings is 2. The van der Waals surface area contributed by atoms with Crippen molar-refractivity contribution in [2.24, 2.45) is 5.73 Å². The van der Waals surface area contributed by atoms with E-state index >= 15 is 0 Å². The SMILES string of the molecule is COC(=O)c1ccc(C[C@@](N)(Cc2ccccc2)C(=O)OC)c(I)c1. The summed E-state index contributed by atoms with van der Waals surface area (Å²) in [5, 5.41) is 0. The lowest BCUT2D eigenvalue weighted by atomic mass is 9.85. The Morgan fingerprint density at radius 3 is 2.28 bits per heavy atom. The smallest absolute Gasteiger partial charge is 0.337 e. The highest BCUT2D eigenvalue weighted by atomic mass is 127. The van der Waals surface area contributed by atoms with E-state index in [1.165, 1.54) is 14.2 Å². The van der Waals surface area contributed by atoms with Crippen LogP contribution in [0, 0.1) is 3.57 Å². The summed E-state index contributed by atoms with van der Waals surface area (Å²) in [6.45, 7) is 0. The molecule has 0 radical (unpaired) electrons. The van der Waals surface area contributed by atoms with Crippen LogP contribution in [0.2, 0.25) is 0 Å². The molecule has 0 aliphatic heterocycles. The fraction of sp³-hybridized carbons (Fsp3) is 0.263. The minimum atomic E-state index is -1.19. The zero-order valence-electron chi connectivity index (χ0n) is 14.1. The first-order valence-electron chi connectivity index (χ1n) is 7.67. The minimum absolute atomic E-state index is 0.300. The van der Waals surface area contributed by atoms with E-state index < -0.39 is 17.5 Å². The van der Waals surface area contributed by atoms with Gasteiger partial charge in [0.25, 0.3) is 0 Å². The molecule has 0 spiro atoms. The molecule has 0 bridgehead atoms. The minimum Gasteiger partial charge on any atom is -0.468 e. The Bertz CT molecular complexity index is 763. The predicted octanol–water partition coefficient (Wildman–Crippen LogP) is 2.73. The summed E-state index contributed by atoms with van der Waals surface area (Å²) in [5.74, 6) is -0.870. The van der Waals surface area contributed by atoms with Gasteiger partial charge >= 0.3 is 11.9 Å². The highest BCUT2D eigenvalue weighted by molar-refractivity contribution is 14.1. The summed E-state index contributed by atoms with van der Waals surface area (Å²) in [7, 11) is 2.67. The summed E-state index contributed by atoms with van der Waals surface area (Å²) in [6.07, 6.45) is 0.656. The van der Waals surface area contributed by atoms with Crippen LogP contribution in [0.3, 0.4) is 0 Å². The Hall–Kier alpha value is -1.93. The van der Waals surface area contributed by atoms with Gasteiger partial charge in [0.2, 0.25) is 0 Å². The van der Waals surface area contributed by atoms with Crippen LogP contribution in [-0.4, -0.2) is 31.7 Å². The average molecular weight is 453 g/mol. The molecule has 0 fully saturated rings. The molecule has 0 heterocycles. The van der Waals surface area contributed by atoms with E-state index in [0.717, 1.165) is 14.7 Å². The van der Waals surface area contributed by atoms with Gasteiger partial charge in [-0.1, -0.05) is 36.4 Å². The molecule has 0 aromatic heterocycles. The monoisotopic (exact) mass is 453 g/mol. The maximum atomic E-state index is 12.4. The molecule has 2 aromatic carbocycles. The second kappa shape index (κ2) is 8.44. The number of ether oxygens (including phenoxy) is 2. The molecule has 0 unspecified atom stereocenters. The Morgan fingerprint density at radius 1 is 1.04 bits per heavy atom. The molecule has 0 aliphatic rings. The van der Waals surface area contributed by atoms with E-state index in [-0.39, 0.29) is 0 Å². The molecule has 25 heavy (non-hydrogen) atoms. The summed E-state index contributed by atoms with van der Waals surface area (Å²) in [4.78, 5) is 24.0.